The van der Waals surface area contributed by atoms with Crippen molar-refractivity contribution >= 4 is 27.5 Å². The number of sulfone groups is 1. The number of carbonyl (C=O) groups is 1. The average Bonchev–Trinajstić information content (AvgIpc) is 3.17. The summed E-state index contributed by atoms with van der Waals surface area (Å²) in [4.78, 5) is 30.8. The van der Waals surface area contributed by atoms with Crippen molar-refractivity contribution in [3.8, 4) is 17.7 Å². The fourth-order valence-corrected chi connectivity index (χ4v) is 5.77. The first kappa shape index (κ1) is 26.1. The zero-order valence-electron chi connectivity index (χ0n) is 21.1. The van der Waals surface area contributed by atoms with Gasteiger partial charge in [0.15, 0.2) is 9.84 Å². The number of ether oxygens (including phenoxy) is 1. The molecule has 1 aliphatic rings. The minimum atomic E-state index is -3.22. The van der Waals surface area contributed by atoms with E-state index in [0.717, 1.165) is 17.2 Å². The predicted molar refractivity (Wildman–Crippen MR) is 140 cm³/mol. The number of benzene rings is 1. The second kappa shape index (κ2) is 9.82. The number of carbonyl (C=O) groups excluding carboxylic acids is 1. The van der Waals surface area contributed by atoms with Gasteiger partial charge in [0.1, 0.15) is 28.6 Å². The first-order valence-corrected chi connectivity index (χ1v) is 13.6. The van der Waals surface area contributed by atoms with E-state index in [1.807, 2.05) is 31.2 Å². The molecule has 1 N–H and O–H groups in total. The third kappa shape index (κ3) is 5.73. The van der Waals surface area contributed by atoms with Crippen LogP contribution >= 0.6 is 0 Å². The number of nitrogens with one attached hydrogen (secondary N) is 1. The van der Waals surface area contributed by atoms with Crippen molar-refractivity contribution in [3.05, 3.63) is 75.2 Å². The van der Waals surface area contributed by atoms with Crippen LogP contribution in [0.5, 0.6) is 11.6 Å². The molecule has 0 unspecified atom stereocenters. The molecule has 0 spiro atoms. The quantitative estimate of drug-likeness (QED) is 0.403. The van der Waals surface area contributed by atoms with Gasteiger partial charge in [-0.15, -0.1) is 0 Å². The van der Waals surface area contributed by atoms with E-state index in [9.17, 15) is 23.3 Å². The molecule has 3 aromatic rings. The third-order valence-corrected chi connectivity index (χ3v) is 7.97. The molecule has 2 aromatic heterocycles. The van der Waals surface area contributed by atoms with Gasteiger partial charge in [-0.05, 0) is 54.2 Å². The SMILES string of the molecule is Cc1cccn2c(=O)c(/C=C(\C#N)C(=O)N[C@@H]3CCS(=O)(=O)C3)c(Oc3ccc(C(C)(C)C)cc3)nc12. The molecule has 9 nitrogen and oxygen atoms in total. The molecule has 1 aliphatic heterocycles. The molecular weight excluding hydrogens is 492 g/mol. The molecule has 0 aliphatic carbocycles. The van der Waals surface area contributed by atoms with E-state index >= 15 is 0 Å². The van der Waals surface area contributed by atoms with Crippen LogP contribution in [0.25, 0.3) is 11.7 Å². The van der Waals surface area contributed by atoms with E-state index in [1.54, 1.807) is 24.4 Å². The highest BCUT2D eigenvalue weighted by molar-refractivity contribution is 7.91. The molecule has 1 atom stereocenters. The highest BCUT2D eigenvalue weighted by Gasteiger charge is 2.30. The Balaban J connectivity index is 1.77. The van der Waals surface area contributed by atoms with Crippen LogP contribution in [0, 0.1) is 18.3 Å². The van der Waals surface area contributed by atoms with Crippen LogP contribution in [0.15, 0.2) is 53.0 Å². The third-order valence-electron chi connectivity index (χ3n) is 6.21. The number of rotatable bonds is 5. The highest BCUT2D eigenvalue weighted by Crippen LogP contribution is 2.28. The van der Waals surface area contributed by atoms with Gasteiger partial charge in [-0.25, -0.2) is 8.42 Å². The topological polar surface area (TPSA) is 131 Å². The molecule has 4 rings (SSSR count). The van der Waals surface area contributed by atoms with Crippen molar-refractivity contribution in [1.82, 2.24) is 14.7 Å². The van der Waals surface area contributed by atoms with Gasteiger partial charge in [-0.1, -0.05) is 39.0 Å². The Labute approximate surface area is 215 Å². The molecule has 1 aromatic carbocycles. The van der Waals surface area contributed by atoms with Gasteiger partial charge in [0.2, 0.25) is 5.88 Å². The zero-order chi connectivity index (χ0) is 27.0. The number of pyridine rings is 1. The van der Waals surface area contributed by atoms with Crippen LogP contribution in [0.2, 0.25) is 0 Å². The average molecular weight is 521 g/mol. The first-order chi connectivity index (χ1) is 17.4. The van der Waals surface area contributed by atoms with Crippen molar-refractivity contribution in [2.75, 3.05) is 11.5 Å². The Morgan fingerprint density at radius 1 is 1.24 bits per heavy atom. The molecule has 0 saturated carbocycles. The van der Waals surface area contributed by atoms with Gasteiger partial charge in [-0.2, -0.15) is 10.2 Å². The van der Waals surface area contributed by atoms with Crippen molar-refractivity contribution in [2.24, 2.45) is 0 Å². The maximum absolute atomic E-state index is 13.5. The standard InChI is InChI=1S/C27H28N4O5S/c1-17-6-5-12-31-23(17)30-25(36-21-9-7-19(8-10-21)27(2,3)4)22(26(31)33)14-18(15-28)24(32)29-20-11-13-37(34,35)16-20/h5-10,12,14,20H,11,13,16H2,1-4H3,(H,29,32)/b18-14+/t20-/m1/s1. The van der Waals surface area contributed by atoms with Gasteiger partial charge < -0.3 is 10.1 Å². The summed E-state index contributed by atoms with van der Waals surface area (Å²) in [5, 5.41) is 12.3. The number of amides is 1. The van der Waals surface area contributed by atoms with E-state index < -0.39 is 27.3 Å². The van der Waals surface area contributed by atoms with Gasteiger partial charge in [-0.3, -0.25) is 14.0 Å². The number of nitrogens with zero attached hydrogens (tertiary/aromatic N) is 3. The van der Waals surface area contributed by atoms with Crippen molar-refractivity contribution in [3.63, 3.8) is 0 Å². The minimum absolute atomic E-state index is 0.0230. The number of hydrogen-bond acceptors (Lipinski definition) is 7. The van der Waals surface area contributed by atoms with Gasteiger partial charge in [0, 0.05) is 12.2 Å². The Bertz CT molecular complexity index is 1610. The summed E-state index contributed by atoms with van der Waals surface area (Å²) < 4.78 is 30.8. The Morgan fingerprint density at radius 2 is 1.95 bits per heavy atom. The normalized spacial score (nSPS) is 17.4. The zero-order valence-corrected chi connectivity index (χ0v) is 21.9. The lowest BCUT2D eigenvalue weighted by atomic mass is 9.87. The minimum Gasteiger partial charge on any atom is -0.438 e. The van der Waals surface area contributed by atoms with Crippen molar-refractivity contribution in [1.29, 1.82) is 5.26 Å². The highest BCUT2D eigenvalue weighted by atomic mass is 32.2. The van der Waals surface area contributed by atoms with E-state index in [1.165, 1.54) is 4.40 Å². The van der Waals surface area contributed by atoms with Crippen LogP contribution in [-0.4, -0.2) is 41.3 Å². The number of nitriles is 1. The Hall–Kier alpha value is -3.97. The molecule has 37 heavy (non-hydrogen) atoms. The first-order valence-electron chi connectivity index (χ1n) is 11.8. The van der Waals surface area contributed by atoms with Gasteiger partial charge in [0.05, 0.1) is 11.5 Å². The van der Waals surface area contributed by atoms with Gasteiger partial charge >= 0.3 is 0 Å². The second-order valence-electron chi connectivity index (χ2n) is 10.1. The Kier molecular flexibility index (Phi) is 6.93. The molecule has 192 valence electrons. The lowest BCUT2D eigenvalue weighted by Gasteiger charge is -2.19. The van der Waals surface area contributed by atoms with Crippen LogP contribution in [-0.2, 0) is 20.0 Å². The summed E-state index contributed by atoms with van der Waals surface area (Å²) in [7, 11) is -3.22. The van der Waals surface area contributed by atoms with Crippen LogP contribution in [0.4, 0.5) is 0 Å². The van der Waals surface area contributed by atoms with E-state index in [2.05, 4.69) is 31.1 Å². The van der Waals surface area contributed by atoms with Crippen molar-refractivity contribution in [2.45, 2.75) is 45.6 Å². The number of hydrogen-bond donors (Lipinski definition) is 1. The monoisotopic (exact) mass is 520 g/mol. The van der Waals surface area contributed by atoms with Crippen LogP contribution in [0.3, 0.4) is 0 Å². The summed E-state index contributed by atoms with van der Waals surface area (Å²) in [6.07, 6.45) is 2.96. The number of aryl methyl sites for hydroxylation is 1. The largest absolute Gasteiger partial charge is 0.438 e. The van der Waals surface area contributed by atoms with E-state index in [0.29, 0.717) is 11.4 Å². The molecule has 1 saturated heterocycles. The molecule has 1 fully saturated rings. The molecular formula is C27H28N4O5S. The fraction of sp³-hybridized carbons (Fsp3) is 0.333. The number of fused-ring (bicyclic) bond motifs is 1. The molecule has 0 bridgehead atoms. The summed E-state index contributed by atoms with van der Waals surface area (Å²) in [5.41, 5.74) is 1.21. The maximum atomic E-state index is 13.5. The van der Waals surface area contributed by atoms with E-state index in [-0.39, 0.29) is 40.4 Å². The van der Waals surface area contributed by atoms with E-state index in [4.69, 9.17) is 4.74 Å². The predicted octanol–water partition coefficient (Wildman–Crippen LogP) is 3.30. The van der Waals surface area contributed by atoms with Crippen LogP contribution < -0.4 is 15.6 Å². The van der Waals surface area contributed by atoms with Crippen LogP contribution in [0.1, 0.15) is 43.9 Å². The smallest absolute Gasteiger partial charge is 0.269 e. The lowest BCUT2D eigenvalue weighted by molar-refractivity contribution is -0.117. The van der Waals surface area contributed by atoms with Crippen molar-refractivity contribution < 1.29 is 17.9 Å². The summed E-state index contributed by atoms with van der Waals surface area (Å²) in [6, 6.07) is 12.1. The summed E-state index contributed by atoms with van der Waals surface area (Å²) in [6.45, 7) is 8.09. The molecule has 3 heterocycles. The molecule has 10 heteroatoms. The summed E-state index contributed by atoms with van der Waals surface area (Å²) in [5.74, 6) is -0.585. The Morgan fingerprint density at radius 3 is 2.54 bits per heavy atom. The second-order valence-corrected chi connectivity index (χ2v) is 12.4. The van der Waals surface area contributed by atoms with Gasteiger partial charge in [0.25, 0.3) is 11.5 Å². The molecule has 1 amide bonds. The lowest BCUT2D eigenvalue weighted by Crippen LogP contribution is -2.36. The molecule has 0 radical (unpaired) electrons. The fourth-order valence-electron chi connectivity index (χ4n) is 4.09. The maximum Gasteiger partial charge on any atom is 0.269 e. The number of aromatic nitrogens is 2. The summed E-state index contributed by atoms with van der Waals surface area (Å²) >= 11 is 0.